The smallest absolute Gasteiger partial charge is 0.258 e. The molecule has 0 unspecified atom stereocenters. The van der Waals surface area contributed by atoms with Crippen LogP contribution in [0.15, 0.2) is 18.2 Å². The van der Waals surface area contributed by atoms with Gasteiger partial charge in [0.15, 0.2) is 5.75 Å². The van der Waals surface area contributed by atoms with Gasteiger partial charge in [-0.25, -0.2) is 0 Å². The van der Waals surface area contributed by atoms with Gasteiger partial charge in [0.2, 0.25) is 0 Å². The molecule has 2 nitrogen and oxygen atoms in total. The molecule has 3 aliphatic rings. The third kappa shape index (κ3) is 3.81. The Morgan fingerprint density at radius 3 is 2.21 bits per heavy atom. The summed E-state index contributed by atoms with van der Waals surface area (Å²) >= 11 is 0. The Morgan fingerprint density at radius 2 is 1.64 bits per heavy atom. The number of rotatable bonds is 7. The Bertz CT molecular complexity index is 864. The molecule has 0 spiro atoms. The third-order valence-corrected chi connectivity index (χ3v) is 16.3. The van der Waals surface area contributed by atoms with E-state index >= 15 is 0 Å². The van der Waals surface area contributed by atoms with Crippen molar-refractivity contribution in [2.45, 2.75) is 110 Å². The van der Waals surface area contributed by atoms with Crippen LogP contribution < -0.4 is 9.16 Å². The molecule has 5 atom stereocenters. The number of methoxy groups -OCH3 is 1. The lowest BCUT2D eigenvalue weighted by Crippen LogP contribution is -2.50. The maximum absolute atomic E-state index is 7.10. The molecule has 4 rings (SSSR count). The van der Waals surface area contributed by atoms with Crippen LogP contribution in [0.4, 0.5) is 0 Å². The van der Waals surface area contributed by atoms with Crippen molar-refractivity contribution in [1.82, 2.24) is 0 Å². The average Bonchev–Trinajstić information content (AvgIpc) is 3.12. The maximum atomic E-state index is 7.10. The van der Waals surface area contributed by atoms with Gasteiger partial charge in [-0.3, -0.25) is 0 Å². The number of allylic oxidation sites excluding steroid dienone is 1. The van der Waals surface area contributed by atoms with Crippen molar-refractivity contribution in [1.29, 1.82) is 0 Å². The summed E-state index contributed by atoms with van der Waals surface area (Å²) in [7, 11) is -0.225. The van der Waals surface area contributed by atoms with E-state index in [4.69, 9.17) is 9.16 Å². The van der Waals surface area contributed by atoms with Gasteiger partial charge >= 0.3 is 0 Å². The summed E-state index contributed by atoms with van der Waals surface area (Å²) in [6.07, 6.45) is 11.8. The summed E-state index contributed by atoms with van der Waals surface area (Å²) in [6, 6.07) is 4.66. The molecule has 0 saturated heterocycles. The molecule has 0 amide bonds. The minimum Gasteiger partial charge on any atom is -0.540 e. The second-order valence-electron chi connectivity index (χ2n) is 12.4. The van der Waals surface area contributed by atoms with Gasteiger partial charge < -0.3 is 9.16 Å². The van der Waals surface area contributed by atoms with Crippen molar-refractivity contribution in [3.05, 3.63) is 29.3 Å². The van der Waals surface area contributed by atoms with Crippen LogP contribution in [0.2, 0.25) is 16.6 Å². The predicted octanol–water partition coefficient (Wildman–Crippen LogP) is 9.21. The molecule has 2 fully saturated rings. The number of hydrogen-bond acceptors (Lipinski definition) is 2. The van der Waals surface area contributed by atoms with E-state index in [1.54, 1.807) is 0 Å². The maximum Gasteiger partial charge on any atom is 0.258 e. The second-order valence-corrected chi connectivity index (χ2v) is 17.8. The highest BCUT2D eigenvalue weighted by Gasteiger charge is 2.53. The van der Waals surface area contributed by atoms with Gasteiger partial charge in [0.05, 0.1) is 7.11 Å². The lowest BCUT2D eigenvalue weighted by Gasteiger charge is -2.49. The lowest BCUT2D eigenvalue weighted by molar-refractivity contribution is 0.0541. The summed E-state index contributed by atoms with van der Waals surface area (Å²) < 4.78 is 13.1. The van der Waals surface area contributed by atoms with Crippen LogP contribution in [-0.2, 0) is 0 Å². The number of benzene rings is 1. The summed E-state index contributed by atoms with van der Waals surface area (Å²) in [5.41, 5.74) is 5.02. The molecule has 2 saturated carbocycles. The SMILES string of the molecule is CC[C@H]1CC[C@H]2[C@@H]3C=Cc4cc(O[Si](C(C)C)(C(C)C)C(C)C)c(OC)cc4[C@H]3CC[C@]12C. The van der Waals surface area contributed by atoms with Crippen molar-refractivity contribution in [2.24, 2.45) is 23.2 Å². The first-order valence-corrected chi connectivity index (χ1v) is 15.8. The highest BCUT2D eigenvalue weighted by Crippen LogP contribution is 2.63. The van der Waals surface area contributed by atoms with Gasteiger partial charge in [-0.1, -0.05) is 74.0 Å². The summed E-state index contributed by atoms with van der Waals surface area (Å²) in [5.74, 6) is 4.95. The Labute approximate surface area is 204 Å². The van der Waals surface area contributed by atoms with Gasteiger partial charge in [0.1, 0.15) is 5.75 Å². The minimum atomic E-state index is -2.04. The first kappa shape index (κ1) is 24.9. The van der Waals surface area contributed by atoms with Gasteiger partial charge in [-0.05, 0) is 94.7 Å². The van der Waals surface area contributed by atoms with Crippen molar-refractivity contribution in [2.75, 3.05) is 7.11 Å². The minimum absolute atomic E-state index is 0.530. The Kier molecular flexibility index (Phi) is 6.86. The zero-order chi connectivity index (χ0) is 24.1. The van der Waals surface area contributed by atoms with E-state index in [0.717, 1.165) is 23.3 Å². The van der Waals surface area contributed by atoms with Crippen LogP contribution in [0.25, 0.3) is 6.08 Å². The van der Waals surface area contributed by atoms with Crippen molar-refractivity contribution >= 4 is 14.4 Å². The molecular formula is C30H48O2Si. The molecule has 184 valence electrons. The van der Waals surface area contributed by atoms with E-state index in [1.165, 1.54) is 43.2 Å². The number of fused-ring (bicyclic) bond motifs is 5. The van der Waals surface area contributed by atoms with Crippen LogP contribution in [0.5, 0.6) is 11.5 Å². The number of ether oxygens (including phenoxy) is 1. The van der Waals surface area contributed by atoms with Gasteiger partial charge in [0.25, 0.3) is 8.32 Å². The fraction of sp³-hybridized carbons (Fsp3) is 0.733. The molecule has 0 bridgehead atoms. The predicted molar refractivity (Wildman–Crippen MR) is 144 cm³/mol. The molecular weight excluding hydrogens is 420 g/mol. The largest absolute Gasteiger partial charge is 0.540 e. The molecule has 3 aliphatic carbocycles. The Morgan fingerprint density at radius 1 is 0.970 bits per heavy atom. The molecule has 0 aromatic heterocycles. The standard InChI is InChI=1S/C30H48O2Si/c1-10-23-12-14-27-25-13-11-22-17-29(32-33(19(2)3,20(4)5)21(6)7)28(31-9)18-26(22)24(25)15-16-30(23,27)8/h11,13,17-21,23-25,27H,10,12,14-16H2,1-9H3/t23-,24-,25+,27-,30+/m0/s1. The normalized spacial score (nSPS) is 31.0. The van der Waals surface area contributed by atoms with E-state index in [0.29, 0.717) is 33.9 Å². The van der Waals surface area contributed by atoms with E-state index < -0.39 is 8.32 Å². The molecule has 33 heavy (non-hydrogen) atoms. The van der Waals surface area contributed by atoms with Crippen molar-refractivity contribution < 1.29 is 9.16 Å². The Balaban J connectivity index is 1.71. The highest BCUT2D eigenvalue weighted by molar-refractivity contribution is 6.78. The van der Waals surface area contributed by atoms with Crippen LogP contribution in [-0.4, -0.2) is 15.4 Å². The quantitative estimate of drug-likeness (QED) is 0.371. The molecule has 0 N–H and O–H groups in total. The molecule has 0 radical (unpaired) electrons. The molecule has 1 aromatic rings. The third-order valence-electron chi connectivity index (χ3n) is 10.3. The Hall–Kier alpha value is -1.22. The fourth-order valence-electron chi connectivity index (χ4n) is 8.66. The summed E-state index contributed by atoms with van der Waals surface area (Å²) in [6.45, 7) is 19.1. The zero-order valence-electron chi connectivity index (χ0n) is 22.7. The van der Waals surface area contributed by atoms with E-state index in [1.807, 2.05) is 7.11 Å². The van der Waals surface area contributed by atoms with Crippen LogP contribution in [0.3, 0.4) is 0 Å². The van der Waals surface area contributed by atoms with Crippen molar-refractivity contribution in [3.8, 4) is 11.5 Å². The molecule has 0 aliphatic heterocycles. The van der Waals surface area contributed by atoms with Crippen LogP contribution >= 0.6 is 0 Å². The van der Waals surface area contributed by atoms with Gasteiger partial charge in [-0.2, -0.15) is 0 Å². The fourth-order valence-corrected chi connectivity index (χ4v) is 13.9. The molecule has 3 heteroatoms. The van der Waals surface area contributed by atoms with Crippen LogP contribution in [0, 0.1) is 23.2 Å². The van der Waals surface area contributed by atoms with E-state index in [9.17, 15) is 0 Å². The monoisotopic (exact) mass is 468 g/mol. The van der Waals surface area contributed by atoms with Crippen molar-refractivity contribution in [3.63, 3.8) is 0 Å². The van der Waals surface area contributed by atoms with Gasteiger partial charge in [0, 0.05) is 0 Å². The highest BCUT2D eigenvalue weighted by atomic mass is 28.4. The number of hydrogen-bond donors (Lipinski definition) is 0. The lowest BCUT2D eigenvalue weighted by atomic mass is 9.55. The zero-order valence-corrected chi connectivity index (χ0v) is 23.7. The summed E-state index contributed by atoms with van der Waals surface area (Å²) in [5, 5.41) is 0. The first-order valence-electron chi connectivity index (χ1n) is 13.7. The van der Waals surface area contributed by atoms with E-state index in [-0.39, 0.29) is 0 Å². The van der Waals surface area contributed by atoms with Crippen LogP contribution in [0.1, 0.15) is 105 Å². The van der Waals surface area contributed by atoms with E-state index in [2.05, 4.69) is 79.7 Å². The molecule has 1 aromatic carbocycles. The topological polar surface area (TPSA) is 18.5 Å². The second kappa shape index (κ2) is 9.09. The summed E-state index contributed by atoms with van der Waals surface area (Å²) in [4.78, 5) is 0. The molecule has 0 heterocycles. The van der Waals surface area contributed by atoms with Gasteiger partial charge in [-0.15, -0.1) is 0 Å². The average molecular weight is 469 g/mol. The first-order chi connectivity index (χ1) is 15.6.